The third kappa shape index (κ3) is 4.81. The lowest BCUT2D eigenvalue weighted by Gasteiger charge is -2.17. The van der Waals surface area contributed by atoms with Crippen LogP contribution in [-0.2, 0) is 20.0 Å². The van der Waals surface area contributed by atoms with E-state index in [1.54, 1.807) is 19.2 Å². The summed E-state index contributed by atoms with van der Waals surface area (Å²) in [5.41, 5.74) is 0.321. The van der Waals surface area contributed by atoms with Crippen molar-refractivity contribution in [3.05, 3.63) is 41.3 Å². The van der Waals surface area contributed by atoms with Crippen LogP contribution in [0.1, 0.15) is 24.6 Å². The summed E-state index contributed by atoms with van der Waals surface area (Å²) >= 11 is 1.18. The average molecular weight is 403 g/mol. The zero-order valence-corrected chi connectivity index (χ0v) is 16.8. The molecule has 0 radical (unpaired) electrons. The van der Waals surface area contributed by atoms with E-state index in [1.165, 1.54) is 39.9 Å². The normalized spacial score (nSPS) is 12.5. The van der Waals surface area contributed by atoms with Gasteiger partial charge in [0.1, 0.15) is 4.21 Å². The maximum atomic E-state index is 12.4. The quantitative estimate of drug-likeness (QED) is 0.734. The second-order valence-electron chi connectivity index (χ2n) is 5.68. The van der Waals surface area contributed by atoms with Crippen LogP contribution >= 0.6 is 11.3 Å². The molecule has 0 saturated heterocycles. The van der Waals surface area contributed by atoms with Gasteiger partial charge in [-0.05, 0) is 49.7 Å². The largest absolute Gasteiger partial charge is 0.279 e. The minimum Gasteiger partial charge on any atom is -0.279 e. The highest BCUT2D eigenvalue weighted by Crippen LogP contribution is 2.24. The average Bonchev–Trinajstić information content (AvgIpc) is 3.00. The Morgan fingerprint density at radius 3 is 2.20 bits per heavy atom. The van der Waals surface area contributed by atoms with Crippen molar-refractivity contribution in [2.24, 2.45) is 0 Å². The van der Waals surface area contributed by atoms with Gasteiger partial charge in [-0.15, -0.1) is 11.3 Å². The minimum atomic E-state index is -3.66. The van der Waals surface area contributed by atoms with Crippen LogP contribution in [0.3, 0.4) is 0 Å². The van der Waals surface area contributed by atoms with Crippen molar-refractivity contribution in [3.8, 4) is 0 Å². The predicted molar refractivity (Wildman–Crippen MR) is 101 cm³/mol. The lowest BCUT2D eigenvalue weighted by Crippen LogP contribution is -2.27. The van der Waals surface area contributed by atoms with Crippen LogP contribution in [0.2, 0.25) is 0 Å². The topological polar surface area (TPSA) is 83.6 Å². The van der Waals surface area contributed by atoms with Crippen LogP contribution in [0.25, 0.3) is 0 Å². The number of sulfonamides is 2. The SMILES string of the molecule is CCCCN(C)S(=O)(=O)c1ccc(NS(=O)(=O)c2ccc(C)s2)cc1. The molecule has 0 fully saturated rings. The smallest absolute Gasteiger partial charge is 0.271 e. The molecule has 9 heteroatoms. The van der Waals surface area contributed by atoms with Gasteiger partial charge in [0.05, 0.1) is 4.90 Å². The van der Waals surface area contributed by atoms with Crippen molar-refractivity contribution in [1.82, 2.24) is 4.31 Å². The van der Waals surface area contributed by atoms with Gasteiger partial charge in [-0.2, -0.15) is 0 Å². The number of hydrogen-bond donors (Lipinski definition) is 1. The molecule has 6 nitrogen and oxygen atoms in total. The summed E-state index contributed by atoms with van der Waals surface area (Å²) in [7, 11) is -5.68. The number of benzene rings is 1. The first-order chi connectivity index (χ1) is 11.7. The highest BCUT2D eigenvalue weighted by Gasteiger charge is 2.21. The molecule has 0 aliphatic carbocycles. The number of anilines is 1. The first kappa shape index (κ1) is 19.9. The van der Waals surface area contributed by atoms with Gasteiger partial charge in [0.25, 0.3) is 10.0 Å². The number of thiophene rings is 1. The van der Waals surface area contributed by atoms with Gasteiger partial charge in [-0.25, -0.2) is 21.1 Å². The van der Waals surface area contributed by atoms with Crippen molar-refractivity contribution in [3.63, 3.8) is 0 Å². The Hall–Kier alpha value is -1.42. The van der Waals surface area contributed by atoms with E-state index in [-0.39, 0.29) is 9.10 Å². The monoisotopic (exact) mass is 402 g/mol. The minimum absolute atomic E-state index is 0.140. The van der Waals surface area contributed by atoms with Gasteiger partial charge >= 0.3 is 0 Å². The lowest BCUT2D eigenvalue weighted by atomic mass is 10.3. The molecule has 1 aromatic carbocycles. The number of aryl methyl sites for hydroxylation is 1. The van der Waals surface area contributed by atoms with Crippen molar-refractivity contribution < 1.29 is 16.8 Å². The maximum Gasteiger partial charge on any atom is 0.271 e. The van der Waals surface area contributed by atoms with Gasteiger partial charge in [0.15, 0.2) is 0 Å². The number of rotatable bonds is 8. The van der Waals surface area contributed by atoms with E-state index < -0.39 is 20.0 Å². The molecule has 1 N–H and O–H groups in total. The summed E-state index contributed by atoms with van der Waals surface area (Å²) in [6.45, 7) is 4.28. The number of nitrogens with one attached hydrogen (secondary N) is 1. The van der Waals surface area contributed by atoms with Crippen molar-refractivity contribution in [2.45, 2.75) is 35.8 Å². The Balaban J connectivity index is 2.17. The third-order valence-corrected chi connectivity index (χ3v) is 8.37. The van der Waals surface area contributed by atoms with Crippen LogP contribution in [0.5, 0.6) is 0 Å². The van der Waals surface area contributed by atoms with E-state index in [1.807, 2.05) is 13.8 Å². The Bertz CT molecular complexity index is 917. The fourth-order valence-electron chi connectivity index (χ4n) is 2.14. The van der Waals surface area contributed by atoms with Gasteiger partial charge < -0.3 is 0 Å². The fourth-order valence-corrected chi connectivity index (χ4v) is 5.69. The molecule has 0 saturated carbocycles. The maximum absolute atomic E-state index is 12.4. The Kier molecular flexibility index (Phi) is 6.26. The Morgan fingerprint density at radius 2 is 1.68 bits per heavy atom. The number of nitrogens with zero attached hydrogens (tertiary/aromatic N) is 1. The summed E-state index contributed by atoms with van der Waals surface area (Å²) < 4.78 is 53.5. The summed E-state index contributed by atoms with van der Waals surface area (Å²) in [4.78, 5) is 1.04. The summed E-state index contributed by atoms with van der Waals surface area (Å²) in [6, 6.07) is 9.02. The molecule has 0 bridgehead atoms. The van der Waals surface area contributed by atoms with E-state index in [0.29, 0.717) is 12.2 Å². The molecule has 0 unspecified atom stereocenters. The van der Waals surface area contributed by atoms with Crippen LogP contribution in [0.4, 0.5) is 5.69 Å². The molecular formula is C16H22N2O4S3. The van der Waals surface area contributed by atoms with Crippen LogP contribution in [0, 0.1) is 6.92 Å². The second-order valence-corrected chi connectivity index (χ2v) is 10.9. The molecule has 138 valence electrons. The fraction of sp³-hybridized carbons (Fsp3) is 0.375. The van der Waals surface area contributed by atoms with Crippen LogP contribution < -0.4 is 4.72 Å². The highest BCUT2D eigenvalue weighted by atomic mass is 32.2. The van der Waals surface area contributed by atoms with E-state index in [9.17, 15) is 16.8 Å². The zero-order chi connectivity index (χ0) is 18.7. The summed E-state index contributed by atoms with van der Waals surface area (Å²) in [6.07, 6.45) is 1.69. The first-order valence-corrected chi connectivity index (χ1v) is 11.6. The summed E-state index contributed by atoms with van der Waals surface area (Å²) in [5, 5.41) is 0. The van der Waals surface area contributed by atoms with E-state index >= 15 is 0 Å². The zero-order valence-electron chi connectivity index (χ0n) is 14.4. The van der Waals surface area contributed by atoms with Gasteiger partial charge in [-0.1, -0.05) is 13.3 Å². The molecule has 0 aliphatic heterocycles. The van der Waals surface area contributed by atoms with Crippen LogP contribution in [0.15, 0.2) is 45.5 Å². The molecule has 25 heavy (non-hydrogen) atoms. The van der Waals surface area contributed by atoms with Crippen molar-refractivity contribution >= 4 is 37.1 Å². The predicted octanol–water partition coefficient (Wildman–Crippen LogP) is 3.28. The standard InChI is InChI=1S/C16H22N2O4S3/c1-4-5-12-18(3)25(21,22)15-9-7-14(8-10-15)17-24(19,20)16-11-6-13(2)23-16/h6-11,17H,4-5,12H2,1-3H3. The molecule has 0 amide bonds. The van der Waals surface area contributed by atoms with E-state index in [4.69, 9.17) is 0 Å². The Labute approximate surface area is 153 Å². The lowest BCUT2D eigenvalue weighted by molar-refractivity contribution is 0.459. The molecule has 1 heterocycles. The van der Waals surface area contributed by atoms with Crippen molar-refractivity contribution in [1.29, 1.82) is 0 Å². The number of unbranched alkanes of at least 4 members (excludes halogenated alkanes) is 1. The summed E-state index contributed by atoms with van der Waals surface area (Å²) in [5.74, 6) is 0. The first-order valence-electron chi connectivity index (χ1n) is 7.82. The Morgan fingerprint density at radius 1 is 1.04 bits per heavy atom. The molecule has 2 aromatic rings. The van der Waals surface area contributed by atoms with Gasteiger partial charge in [0.2, 0.25) is 10.0 Å². The molecule has 0 aliphatic rings. The molecule has 0 spiro atoms. The van der Waals surface area contributed by atoms with Crippen molar-refractivity contribution in [2.75, 3.05) is 18.3 Å². The number of hydrogen-bond acceptors (Lipinski definition) is 5. The van der Waals surface area contributed by atoms with Gasteiger partial charge in [-0.3, -0.25) is 4.72 Å². The van der Waals surface area contributed by atoms with Gasteiger partial charge in [0, 0.05) is 24.2 Å². The van der Waals surface area contributed by atoms with Crippen LogP contribution in [-0.4, -0.2) is 34.7 Å². The third-order valence-electron chi connectivity index (χ3n) is 3.62. The molecule has 2 rings (SSSR count). The molecular weight excluding hydrogens is 380 g/mol. The second kappa shape index (κ2) is 7.86. The molecule has 1 aromatic heterocycles. The molecule has 0 atom stereocenters. The highest BCUT2D eigenvalue weighted by molar-refractivity contribution is 7.94. The van der Waals surface area contributed by atoms with E-state index in [0.717, 1.165) is 17.7 Å². The van der Waals surface area contributed by atoms with E-state index in [2.05, 4.69) is 4.72 Å².